The van der Waals surface area contributed by atoms with Crippen molar-refractivity contribution in [3.8, 4) is 0 Å². The summed E-state index contributed by atoms with van der Waals surface area (Å²) in [6.07, 6.45) is 0. The third kappa shape index (κ3) is 3.72. The molecule has 0 saturated heterocycles. The standard InChI is InChI=1S/C13H8ClN5O8/c1-6-12(14)10(18(24)25)5-11(19(26)27)13(6)15-8-3-2-7(16(20)21)4-9(8)17(22)23/h2-5,15H,1H3. The molecule has 140 valence electrons. The molecule has 2 rings (SSSR count). The van der Waals surface area contributed by atoms with Crippen molar-refractivity contribution in [3.05, 3.63) is 75.3 Å². The minimum Gasteiger partial charge on any atom is -0.344 e. The fourth-order valence-electron chi connectivity index (χ4n) is 2.22. The summed E-state index contributed by atoms with van der Waals surface area (Å²) in [6, 6.07) is 3.25. The number of rotatable bonds is 6. The molecule has 14 heteroatoms. The largest absolute Gasteiger partial charge is 0.344 e. The minimum absolute atomic E-state index is 0.0924. The maximum atomic E-state index is 11.3. The molecule has 0 atom stereocenters. The van der Waals surface area contributed by atoms with Crippen LogP contribution in [0.4, 0.5) is 34.1 Å². The van der Waals surface area contributed by atoms with E-state index in [4.69, 9.17) is 11.6 Å². The molecule has 0 bridgehead atoms. The van der Waals surface area contributed by atoms with Gasteiger partial charge in [-0.3, -0.25) is 40.5 Å². The molecule has 2 aromatic carbocycles. The van der Waals surface area contributed by atoms with Crippen molar-refractivity contribution in [1.29, 1.82) is 0 Å². The molecule has 0 saturated carbocycles. The van der Waals surface area contributed by atoms with E-state index in [1.807, 2.05) is 0 Å². The van der Waals surface area contributed by atoms with Gasteiger partial charge in [0.05, 0.1) is 31.8 Å². The first-order valence-electron chi connectivity index (χ1n) is 6.86. The predicted octanol–water partition coefficient (Wildman–Crippen LogP) is 4.02. The van der Waals surface area contributed by atoms with E-state index in [-0.39, 0.29) is 16.9 Å². The molecule has 1 N–H and O–H groups in total. The second kappa shape index (κ2) is 7.17. The van der Waals surface area contributed by atoms with E-state index in [1.165, 1.54) is 6.92 Å². The van der Waals surface area contributed by atoms with Gasteiger partial charge < -0.3 is 5.32 Å². The van der Waals surface area contributed by atoms with E-state index in [0.717, 1.165) is 12.1 Å². The summed E-state index contributed by atoms with van der Waals surface area (Å²) < 4.78 is 0. The van der Waals surface area contributed by atoms with Crippen molar-refractivity contribution in [1.82, 2.24) is 0 Å². The van der Waals surface area contributed by atoms with E-state index >= 15 is 0 Å². The number of benzene rings is 2. The Morgan fingerprint density at radius 3 is 1.85 bits per heavy atom. The number of halogens is 1. The smallest absolute Gasteiger partial charge is 0.299 e. The summed E-state index contributed by atoms with van der Waals surface area (Å²) in [5, 5.41) is 46.3. The van der Waals surface area contributed by atoms with Crippen LogP contribution in [0.25, 0.3) is 0 Å². The van der Waals surface area contributed by atoms with E-state index in [2.05, 4.69) is 5.32 Å². The second-order valence-corrected chi connectivity index (χ2v) is 5.46. The Morgan fingerprint density at radius 2 is 1.37 bits per heavy atom. The molecule has 2 aromatic rings. The summed E-state index contributed by atoms with van der Waals surface area (Å²) in [5.41, 5.74) is -3.41. The summed E-state index contributed by atoms with van der Waals surface area (Å²) in [4.78, 5) is 40.7. The molecule has 0 amide bonds. The molecule has 0 fully saturated rings. The lowest BCUT2D eigenvalue weighted by molar-refractivity contribution is -0.393. The van der Waals surface area contributed by atoms with Gasteiger partial charge >= 0.3 is 0 Å². The molecule has 0 aliphatic carbocycles. The normalized spacial score (nSPS) is 10.3. The van der Waals surface area contributed by atoms with Crippen molar-refractivity contribution in [3.63, 3.8) is 0 Å². The third-order valence-corrected chi connectivity index (χ3v) is 3.98. The topological polar surface area (TPSA) is 185 Å². The van der Waals surface area contributed by atoms with Gasteiger partial charge in [-0.2, -0.15) is 0 Å². The Labute approximate surface area is 153 Å². The van der Waals surface area contributed by atoms with Crippen LogP contribution in [0.2, 0.25) is 5.02 Å². The molecular weight excluding hydrogens is 390 g/mol. The van der Waals surface area contributed by atoms with Gasteiger partial charge in [-0.1, -0.05) is 11.6 Å². The van der Waals surface area contributed by atoms with E-state index in [9.17, 15) is 40.5 Å². The molecule has 0 aliphatic heterocycles. The Balaban J connectivity index is 2.69. The average Bonchev–Trinajstić information content (AvgIpc) is 2.58. The highest BCUT2D eigenvalue weighted by Gasteiger charge is 2.29. The van der Waals surface area contributed by atoms with Crippen LogP contribution in [0, 0.1) is 47.4 Å². The zero-order valence-corrected chi connectivity index (χ0v) is 14.0. The Hall–Kier alpha value is -3.87. The highest BCUT2D eigenvalue weighted by Crippen LogP contribution is 2.42. The summed E-state index contributed by atoms with van der Waals surface area (Å²) in [7, 11) is 0. The van der Waals surface area contributed by atoms with E-state index in [0.29, 0.717) is 12.1 Å². The van der Waals surface area contributed by atoms with Crippen LogP contribution >= 0.6 is 11.6 Å². The average molecular weight is 398 g/mol. The van der Waals surface area contributed by atoms with Crippen molar-refractivity contribution < 1.29 is 19.7 Å². The first kappa shape index (κ1) is 19.5. The summed E-state index contributed by atoms with van der Waals surface area (Å²) in [6.45, 7) is 1.25. The molecule has 27 heavy (non-hydrogen) atoms. The lowest BCUT2D eigenvalue weighted by Crippen LogP contribution is -2.04. The van der Waals surface area contributed by atoms with Crippen molar-refractivity contribution >= 4 is 45.7 Å². The van der Waals surface area contributed by atoms with Gasteiger partial charge in [-0.25, -0.2) is 0 Å². The number of nitro groups is 4. The first-order chi connectivity index (χ1) is 12.5. The van der Waals surface area contributed by atoms with Gasteiger partial charge in [0.1, 0.15) is 16.4 Å². The number of hydrogen-bond acceptors (Lipinski definition) is 9. The molecule has 0 aromatic heterocycles. The second-order valence-electron chi connectivity index (χ2n) is 5.08. The molecule has 0 spiro atoms. The number of non-ortho nitro benzene ring substituents is 1. The zero-order valence-electron chi connectivity index (χ0n) is 13.2. The summed E-state index contributed by atoms with van der Waals surface area (Å²) >= 11 is 5.88. The maximum absolute atomic E-state index is 11.3. The van der Waals surface area contributed by atoms with Gasteiger partial charge in [-0.15, -0.1) is 0 Å². The van der Waals surface area contributed by atoms with E-state index < -0.39 is 47.5 Å². The molecule has 0 heterocycles. The lowest BCUT2D eigenvalue weighted by Gasteiger charge is -2.12. The van der Waals surface area contributed by atoms with Gasteiger partial charge in [-0.05, 0) is 13.0 Å². The SMILES string of the molecule is Cc1c(Cl)c([N+](=O)[O-])cc([N+](=O)[O-])c1Nc1ccc([N+](=O)[O-])cc1[N+](=O)[O-]. The van der Waals surface area contributed by atoms with Gasteiger partial charge in [0.15, 0.2) is 0 Å². The molecule has 0 unspecified atom stereocenters. The zero-order chi connectivity index (χ0) is 20.5. The number of anilines is 2. The van der Waals surface area contributed by atoms with Gasteiger partial charge in [0.2, 0.25) is 0 Å². The van der Waals surface area contributed by atoms with Crippen LogP contribution in [-0.4, -0.2) is 19.7 Å². The highest BCUT2D eigenvalue weighted by molar-refractivity contribution is 6.34. The van der Waals surface area contributed by atoms with Crippen molar-refractivity contribution in [2.45, 2.75) is 6.92 Å². The van der Waals surface area contributed by atoms with Crippen LogP contribution in [0.15, 0.2) is 24.3 Å². The quantitative estimate of drug-likeness (QED) is 0.554. The molecule has 13 nitrogen and oxygen atoms in total. The Bertz CT molecular complexity index is 1010. The van der Waals surface area contributed by atoms with Crippen LogP contribution in [-0.2, 0) is 0 Å². The number of nitro benzene ring substituents is 4. The van der Waals surface area contributed by atoms with Crippen molar-refractivity contribution in [2.75, 3.05) is 5.32 Å². The summed E-state index contributed by atoms with van der Waals surface area (Å²) in [5.74, 6) is 0. The molecule has 0 aliphatic rings. The molecule has 0 radical (unpaired) electrons. The fourth-order valence-corrected chi connectivity index (χ4v) is 2.44. The first-order valence-corrected chi connectivity index (χ1v) is 7.24. The van der Waals surface area contributed by atoms with Crippen LogP contribution < -0.4 is 5.32 Å². The number of hydrogen-bond donors (Lipinski definition) is 1. The molecular formula is C13H8ClN5O8. The monoisotopic (exact) mass is 397 g/mol. The highest BCUT2D eigenvalue weighted by atomic mass is 35.5. The fraction of sp³-hybridized carbons (Fsp3) is 0.0769. The minimum atomic E-state index is -0.921. The maximum Gasteiger partial charge on any atom is 0.299 e. The Kier molecular flexibility index (Phi) is 5.16. The van der Waals surface area contributed by atoms with Gasteiger partial charge in [0.25, 0.3) is 22.7 Å². The van der Waals surface area contributed by atoms with Crippen molar-refractivity contribution in [2.24, 2.45) is 0 Å². The van der Waals surface area contributed by atoms with Crippen LogP contribution in [0.1, 0.15) is 5.56 Å². The third-order valence-electron chi connectivity index (χ3n) is 3.50. The number of nitrogens with one attached hydrogen (secondary N) is 1. The Morgan fingerprint density at radius 1 is 0.815 bits per heavy atom. The van der Waals surface area contributed by atoms with Gasteiger partial charge in [0, 0.05) is 11.6 Å². The number of nitrogens with zero attached hydrogens (tertiary/aromatic N) is 4. The van der Waals surface area contributed by atoms with E-state index in [1.54, 1.807) is 0 Å². The predicted molar refractivity (Wildman–Crippen MR) is 92.5 cm³/mol. The van der Waals surface area contributed by atoms with Crippen LogP contribution in [0.3, 0.4) is 0 Å². The lowest BCUT2D eigenvalue weighted by atomic mass is 10.1. The van der Waals surface area contributed by atoms with Crippen LogP contribution in [0.5, 0.6) is 0 Å².